The number of aromatic nitrogens is 2. The number of carbonyl (C=O) groups is 1. The quantitative estimate of drug-likeness (QED) is 0.798. The van der Waals surface area contributed by atoms with Crippen LogP contribution in [0.5, 0.6) is 5.75 Å². The molecule has 0 bridgehead atoms. The van der Waals surface area contributed by atoms with Gasteiger partial charge >= 0.3 is 0 Å². The van der Waals surface area contributed by atoms with E-state index >= 15 is 0 Å². The van der Waals surface area contributed by atoms with Crippen molar-refractivity contribution in [3.05, 3.63) is 36.0 Å². The molecule has 0 aliphatic rings. The summed E-state index contributed by atoms with van der Waals surface area (Å²) in [7, 11) is 0. The number of hydrogen-bond donors (Lipinski definition) is 1. The van der Waals surface area contributed by atoms with Crippen LogP contribution in [0.3, 0.4) is 0 Å². The largest absolute Gasteiger partial charge is 0.494 e. The lowest BCUT2D eigenvalue weighted by Gasteiger charge is -2.03. The fourth-order valence-corrected chi connectivity index (χ4v) is 1.50. The highest BCUT2D eigenvalue weighted by atomic mass is 16.5. The van der Waals surface area contributed by atoms with Crippen molar-refractivity contribution in [2.75, 3.05) is 6.61 Å². The second-order valence-electron chi connectivity index (χ2n) is 3.28. The maximum Gasteiger partial charge on any atom is 0.153 e. The van der Waals surface area contributed by atoms with Gasteiger partial charge in [-0.15, -0.1) is 0 Å². The van der Waals surface area contributed by atoms with Crippen LogP contribution in [0.1, 0.15) is 17.3 Å². The Morgan fingerprint density at radius 3 is 2.75 bits per heavy atom. The predicted molar refractivity (Wildman–Crippen MR) is 60.6 cm³/mol. The molecule has 0 saturated carbocycles. The Morgan fingerprint density at radius 1 is 1.38 bits per heavy atom. The molecular weight excluding hydrogens is 204 g/mol. The van der Waals surface area contributed by atoms with E-state index in [0.717, 1.165) is 23.3 Å². The molecule has 82 valence electrons. The van der Waals surface area contributed by atoms with E-state index in [1.807, 2.05) is 31.2 Å². The first-order chi connectivity index (χ1) is 7.85. The molecule has 1 N–H and O–H groups in total. The summed E-state index contributed by atoms with van der Waals surface area (Å²) in [5.41, 5.74) is 2.21. The summed E-state index contributed by atoms with van der Waals surface area (Å²) in [4.78, 5) is 10.7. The third kappa shape index (κ3) is 1.95. The van der Waals surface area contributed by atoms with Gasteiger partial charge in [0.05, 0.1) is 24.1 Å². The minimum Gasteiger partial charge on any atom is -0.494 e. The second kappa shape index (κ2) is 4.61. The first kappa shape index (κ1) is 10.4. The highest BCUT2D eigenvalue weighted by Gasteiger charge is 2.06. The van der Waals surface area contributed by atoms with E-state index < -0.39 is 0 Å². The first-order valence-corrected chi connectivity index (χ1v) is 5.07. The lowest BCUT2D eigenvalue weighted by molar-refractivity contribution is 0.112. The molecule has 1 aromatic heterocycles. The van der Waals surface area contributed by atoms with Gasteiger partial charge in [-0.3, -0.25) is 9.89 Å². The standard InChI is InChI=1S/C12H12N2O2/c1-2-16-11-5-3-9(4-6-11)12-10(8-15)7-13-14-12/h3-8H,2H2,1H3,(H,13,14). The zero-order chi connectivity index (χ0) is 11.4. The Bertz CT molecular complexity index is 474. The van der Waals surface area contributed by atoms with E-state index in [9.17, 15) is 4.79 Å². The number of rotatable bonds is 4. The second-order valence-corrected chi connectivity index (χ2v) is 3.28. The number of hydrogen-bond acceptors (Lipinski definition) is 3. The maximum atomic E-state index is 10.7. The van der Waals surface area contributed by atoms with Gasteiger partial charge in [0.25, 0.3) is 0 Å². The molecule has 0 aliphatic heterocycles. The minimum absolute atomic E-state index is 0.559. The van der Waals surface area contributed by atoms with Gasteiger partial charge in [0, 0.05) is 5.56 Å². The molecule has 0 spiro atoms. The summed E-state index contributed by atoms with van der Waals surface area (Å²) in [6.45, 7) is 2.58. The Hall–Kier alpha value is -2.10. The fraction of sp³-hybridized carbons (Fsp3) is 0.167. The number of aromatic amines is 1. The number of ether oxygens (including phenoxy) is 1. The summed E-state index contributed by atoms with van der Waals surface area (Å²) in [6.07, 6.45) is 2.30. The molecule has 0 saturated heterocycles. The van der Waals surface area contributed by atoms with Crippen molar-refractivity contribution >= 4 is 6.29 Å². The van der Waals surface area contributed by atoms with Crippen molar-refractivity contribution in [1.82, 2.24) is 10.2 Å². The van der Waals surface area contributed by atoms with E-state index in [-0.39, 0.29) is 0 Å². The van der Waals surface area contributed by atoms with Crippen LogP contribution in [0.25, 0.3) is 11.3 Å². The smallest absolute Gasteiger partial charge is 0.153 e. The van der Waals surface area contributed by atoms with E-state index in [4.69, 9.17) is 4.74 Å². The first-order valence-electron chi connectivity index (χ1n) is 5.07. The van der Waals surface area contributed by atoms with E-state index in [2.05, 4.69) is 10.2 Å². The van der Waals surface area contributed by atoms with Gasteiger partial charge in [-0.2, -0.15) is 5.10 Å². The van der Waals surface area contributed by atoms with E-state index in [1.54, 1.807) is 0 Å². The molecule has 0 unspecified atom stereocenters. The summed E-state index contributed by atoms with van der Waals surface area (Å²) in [6, 6.07) is 7.53. The van der Waals surface area contributed by atoms with Gasteiger partial charge in [0.2, 0.25) is 0 Å². The minimum atomic E-state index is 0.559. The molecular formula is C12H12N2O2. The topological polar surface area (TPSA) is 55.0 Å². The normalized spacial score (nSPS) is 10.1. The molecule has 1 aromatic carbocycles. The summed E-state index contributed by atoms with van der Waals surface area (Å²) in [5, 5.41) is 6.64. The molecule has 2 rings (SSSR count). The number of H-pyrrole nitrogens is 1. The molecule has 1 heterocycles. The monoisotopic (exact) mass is 216 g/mol. The SMILES string of the molecule is CCOc1ccc(-c2[nH]ncc2C=O)cc1. The molecule has 0 aliphatic carbocycles. The Morgan fingerprint density at radius 2 is 2.12 bits per heavy atom. The molecule has 4 nitrogen and oxygen atoms in total. The third-order valence-corrected chi connectivity index (χ3v) is 2.25. The summed E-state index contributed by atoms with van der Waals surface area (Å²) >= 11 is 0. The fourth-order valence-electron chi connectivity index (χ4n) is 1.50. The van der Waals surface area contributed by atoms with Gasteiger partial charge in [-0.25, -0.2) is 0 Å². The zero-order valence-electron chi connectivity index (χ0n) is 8.93. The van der Waals surface area contributed by atoms with Crippen LogP contribution >= 0.6 is 0 Å². The predicted octanol–water partition coefficient (Wildman–Crippen LogP) is 2.29. The summed E-state index contributed by atoms with van der Waals surface area (Å²) < 4.78 is 5.34. The molecule has 0 atom stereocenters. The van der Waals surface area contributed by atoms with Gasteiger partial charge in [0.1, 0.15) is 5.75 Å². The Balaban J connectivity index is 2.31. The molecule has 16 heavy (non-hydrogen) atoms. The van der Waals surface area contributed by atoms with Crippen LogP contribution in [0.2, 0.25) is 0 Å². The van der Waals surface area contributed by atoms with Crippen LogP contribution in [0.4, 0.5) is 0 Å². The third-order valence-electron chi connectivity index (χ3n) is 2.25. The highest BCUT2D eigenvalue weighted by molar-refractivity contribution is 5.85. The molecule has 0 amide bonds. The Kier molecular flexibility index (Phi) is 3.00. The maximum absolute atomic E-state index is 10.7. The summed E-state index contributed by atoms with van der Waals surface area (Å²) in [5.74, 6) is 0.818. The molecule has 2 aromatic rings. The number of nitrogens with one attached hydrogen (secondary N) is 1. The Labute approximate surface area is 93.3 Å². The zero-order valence-corrected chi connectivity index (χ0v) is 8.93. The van der Waals surface area contributed by atoms with Gasteiger partial charge < -0.3 is 4.74 Å². The highest BCUT2D eigenvalue weighted by Crippen LogP contribution is 2.22. The van der Waals surface area contributed by atoms with Crippen molar-refractivity contribution in [2.24, 2.45) is 0 Å². The number of nitrogens with zero attached hydrogens (tertiary/aromatic N) is 1. The van der Waals surface area contributed by atoms with Crippen molar-refractivity contribution in [2.45, 2.75) is 6.92 Å². The number of aldehydes is 1. The van der Waals surface area contributed by atoms with Crippen LogP contribution in [-0.2, 0) is 0 Å². The van der Waals surface area contributed by atoms with Crippen LogP contribution < -0.4 is 4.74 Å². The molecule has 0 fully saturated rings. The van der Waals surface area contributed by atoms with Crippen molar-refractivity contribution in [1.29, 1.82) is 0 Å². The van der Waals surface area contributed by atoms with Gasteiger partial charge in [0.15, 0.2) is 6.29 Å². The van der Waals surface area contributed by atoms with E-state index in [1.165, 1.54) is 6.20 Å². The molecule has 0 radical (unpaired) electrons. The molecule has 4 heteroatoms. The van der Waals surface area contributed by atoms with E-state index in [0.29, 0.717) is 12.2 Å². The van der Waals surface area contributed by atoms with Gasteiger partial charge in [-0.1, -0.05) is 0 Å². The van der Waals surface area contributed by atoms with Crippen LogP contribution in [0, 0.1) is 0 Å². The van der Waals surface area contributed by atoms with Crippen molar-refractivity contribution in [3.8, 4) is 17.0 Å². The van der Waals surface area contributed by atoms with Crippen molar-refractivity contribution < 1.29 is 9.53 Å². The number of benzene rings is 1. The lowest BCUT2D eigenvalue weighted by atomic mass is 10.1. The van der Waals surface area contributed by atoms with Gasteiger partial charge in [-0.05, 0) is 31.2 Å². The average Bonchev–Trinajstić information content (AvgIpc) is 2.78. The number of carbonyl (C=O) groups excluding carboxylic acids is 1. The van der Waals surface area contributed by atoms with Crippen molar-refractivity contribution in [3.63, 3.8) is 0 Å². The lowest BCUT2D eigenvalue weighted by Crippen LogP contribution is -1.91. The average molecular weight is 216 g/mol. The van der Waals surface area contributed by atoms with Crippen LogP contribution in [-0.4, -0.2) is 23.1 Å². The van der Waals surface area contributed by atoms with Crippen LogP contribution in [0.15, 0.2) is 30.5 Å².